The summed E-state index contributed by atoms with van der Waals surface area (Å²) in [5, 5.41) is 13.2. The fourth-order valence-electron chi connectivity index (χ4n) is 5.03. The number of urea groups is 1. The topological polar surface area (TPSA) is 95.8 Å². The van der Waals surface area contributed by atoms with Crippen molar-refractivity contribution in [3.05, 3.63) is 96.6 Å². The van der Waals surface area contributed by atoms with E-state index >= 15 is 0 Å². The molecule has 1 saturated heterocycles. The molecular formula is C32H30F3N7O2. The maximum absolute atomic E-state index is 12.8. The lowest BCUT2D eigenvalue weighted by molar-refractivity contribution is -0.137. The maximum Gasteiger partial charge on any atom is 0.416 e. The van der Waals surface area contributed by atoms with Crippen LogP contribution in [-0.4, -0.2) is 51.8 Å². The molecule has 3 heterocycles. The lowest BCUT2D eigenvalue weighted by atomic mass is 10.1. The summed E-state index contributed by atoms with van der Waals surface area (Å²) in [6, 6.07) is 24.1. The van der Waals surface area contributed by atoms with Gasteiger partial charge in [-0.2, -0.15) is 18.2 Å². The minimum atomic E-state index is -4.45. The second-order valence-electron chi connectivity index (χ2n) is 10.4. The number of anilines is 4. The molecule has 12 heteroatoms. The lowest BCUT2D eigenvalue weighted by Crippen LogP contribution is -2.25. The summed E-state index contributed by atoms with van der Waals surface area (Å²) in [5.41, 5.74) is 2.91. The van der Waals surface area contributed by atoms with Gasteiger partial charge in [0, 0.05) is 29.2 Å². The quantitative estimate of drug-likeness (QED) is 0.164. The van der Waals surface area contributed by atoms with Crippen molar-refractivity contribution in [2.45, 2.75) is 19.0 Å². The van der Waals surface area contributed by atoms with Gasteiger partial charge in [0.05, 0.1) is 11.3 Å². The third-order valence-electron chi connectivity index (χ3n) is 7.23. The van der Waals surface area contributed by atoms with Crippen molar-refractivity contribution in [2.24, 2.45) is 0 Å². The van der Waals surface area contributed by atoms with Gasteiger partial charge in [0.25, 0.3) is 0 Å². The molecule has 3 aromatic carbocycles. The number of alkyl halides is 3. The molecule has 5 aromatic rings. The molecule has 226 valence electrons. The van der Waals surface area contributed by atoms with Crippen molar-refractivity contribution in [2.75, 3.05) is 42.2 Å². The fraction of sp³-hybridized carbons (Fsp3) is 0.219. The summed E-state index contributed by atoms with van der Waals surface area (Å²) < 4.78 is 46.0. The van der Waals surface area contributed by atoms with E-state index in [0.29, 0.717) is 23.9 Å². The normalized spacial score (nSPS) is 13.6. The first kappa shape index (κ1) is 29.0. The molecule has 0 saturated carbocycles. The van der Waals surface area contributed by atoms with Gasteiger partial charge in [-0.1, -0.05) is 18.2 Å². The van der Waals surface area contributed by atoms with Crippen molar-refractivity contribution in [3.63, 3.8) is 0 Å². The van der Waals surface area contributed by atoms with Crippen molar-refractivity contribution in [1.82, 2.24) is 19.5 Å². The maximum atomic E-state index is 12.8. The minimum Gasteiger partial charge on any atom is -0.492 e. The molecule has 44 heavy (non-hydrogen) atoms. The van der Waals surface area contributed by atoms with E-state index in [1.54, 1.807) is 22.7 Å². The number of pyridine rings is 1. The molecule has 3 N–H and O–H groups in total. The number of halogens is 3. The number of hydrogen-bond donors (Lipinski definition) is 3. The highest BCUT2D eigenvalue weighted by Gasteiger charge is 2.30. The Hall–Kier alpha value is -5.10. The highest BCUT2D eigenvalue weighted by Crippen LogP contribution is 2.30. The molecular weight excluding hydrogens is 571 g/mol. The van der Waals surface area contributed by atoms with E-state index in [4.69, 9.17) is 4.74 Å². The Morgan fingerprint density at radius 2 is 1.55 bits per heavy atom. The zero-order valence-corrected chi connectivity index (χ0v) is 23.6. The minimum absolute atomic E-state index is 0.235. The first-order valence-electron chi connectivity index (χ1n) is 14.2. The van der Waals surface area contributed by atoms with E-state index < -0.39 is 17.8 Å². The van der Waals surface area contributed by atoms with Crippen LogP contribution < -0.4 is 20.7 Å². The molecule has 0 spiro atoms. The number of hydrogen-bond acceptors (Lipinski definition) is 6. The SMILES string of the molecule is O=C(Nc1ccc(C(F)(F)F)cc1)Nc1cccc(-c2cccc3nc(Nc4ccc(OCCN5CCCC5)cc4)nn23)c1. The van der Waals surface area contributed by atoms with Crippen LogP contribution in [0.15, 0.2) is 91.0 Å². The van der Waals surface area contributed by atoms with Crippen LogP contribution in [0, 0.1) is 0 Å². The van der Waals surface area contributed by atoms with E-state index in [9.17, 15) is 18.0 Å². The fourth-order valence-corrected chi connectivity index (χ4v) is 5.03. The van der Waals surface area contributed by atoms with E-state index in [-0.39, 0.29) is 5.69 Å². The Bertz CT molecular complexity index is 1730. The molecule has 1 fully saturated rings. The van der Waals surface area contributed by atoms with Gasteiger partial charge < -0.3 is 20.7 Å². The van der Waals surface area contributed by atoms with E-state index in [0.717, 1.165) is 54.5 Å². The molecule has 0 bridgehead atoms. The Labute approximate surface area is 251 Å². The molecule has 0 aliphatic carbocycles. The number of carbonyl (C=O) groups excluding carboxylic acids is 1. The van der Waals surface area contributed by atoms with Gasteiger partial charge >= 0.3 is 12.2 Å². The van der Waals surface area contributed by atoms with Crippen LogP contribution >= 0.6 is 0 Å². The van der Waals surface area contributed by atoms with Crippen molar-refractivity contribution in [1.29, 1.82) is 0 Å². The third-order valence-corrected chi connectivity index (χ3v) is 7.23. The Balaban J connectivity index is 1.10. The zero-order valence-electron chi connectivity index (χ0n) is 23.6. The first-order valence-corrected chi connectivity index (χ1v) is 14.2. The highest BCUT2D eigenvalue weighted by atomic mass is 19.4. The lowest BCUT2D eigenvalue weighted by Gasteiger charge is -2.15. The van der Waals surface area contributed by atoms with Crippen LogP contribution in [-0.2, 0) is 6.18 Å². The van der Waals surface area contributed by atoms with Gasteiger partial charge in [-0.3, -0.25) is 4.90 Å². The summed E-state index contributed by atoms with van der Waals surface area (Å²) >= 11 is 0. The van der Waals surface area contributed by atoms with E-state index in [1.165, 1.54) is 25.0 Å². The standard InChI is InChI=1S/C32H30F3N7O2/c33-32(34,35)23-9-11-25(12-10-23)37-31(43)38-26-6-3-5-22(21-26)28-7-4-8-29-39-30(40-42(28)29)36-24-13-15-27(16-14-24)44-20-19-41-17-1-2-18-41/h3-16,21H,1-2,17-20H2,(H,36,40)(H2,37,38,43). The van der Waals surface area contributed by atoms with Crippen LogP contribution in [0.25, 0.3) is 16.9 Å². The molecule has 9 nitrogen and oxygen atoms in total. The summed E-state index contributed by atoms with van der Waals surface area (Å²) in [5.74, 6) is 1.23. The smallest absolute Gasteiger partial charge is 0.416 e. The van der Waals surface area contributed by atoms with Gasteiger partial charge in [0.15, 0.2) is 5.65 Å². The van der Waals surface area contributed by atoms with Crippen LogP contribution in [0.2, 0.25) is 0 Å². The monoisotopic (exact) mass is 601 g/mol. The van der Waals surface area contributed by atoms with Gasteiger partial charge in [-0.25, -0.2) is 9.31 Å². The van der Waals surface area contributed by atoms with E-state index in [1.807, 2.05) is 48.5 Å². The van der Waals surface area contributed by atoms with Gasteiger partial charge in [-0.15, -0.1) is 5.10 Å². The summed E-state index contributed by atoms with van der Waals surface area (Å²) in [6.45, 7) is 3.88. The molecule has 0 atom stereocenters. The van der Waals surface area contributed by atoms with Crippen LogP contribution in [0.1, 0.15) is 18.4 Å². The molecule has 0 unspecified atom stereocenters. The second-order valence-corrected chi connectivity index (χ2v) is 10.4. The molecule has 2 aromatic heterocycles. The number of fused-ring (bicyclic) bond motifs is 1. The average molecular weight is 602 g/mol. The molecule has 1 aliphatic rings. The van der Waals surface area contributed by atoms with Crippen LogP contribution in [0.4, 0.5) is 41.0 Å². The zero-order chi connectivity index (χ0) is 30.5. The van der Waals surface area contributed by atoms with Crippen LogP contribution in [0.5, 0.6) is 5.75 Å². The van der Waals surface area contributed by atoms with Gasteiger partial charge in [0.2, 0.25) is 5.95 Å². The summed E-state index contributed by atoms with van der Waals surface area (Å²) in [7, 11) is 0. The summed E-state index contributed by atoms with van der Waals surface area (Å²) in [6.07, 6.45) is -1.92. The number of carbonyl (C=O) groups is 1. The number of aromatic nitrogens is 3. The molecule has 0 radical (unpaired) electrons. The number of benzene rings is 3. The Kier molecular flexibility index (Phi) is 8.33. The number of amides is 2. The average Bonchev–Trinajstić information content (AvgIpc) is 3.68. The first-order chi connectivity index (χ1) is 21.3. The molecule has 6 rings (SSSR count). The number of nitrogens with one attached hydrogen (secondary N) is 3. The van der Waals surface area contributed by atoms with Crippen LogP contribution in [0.3, 0.4) is 0 Å². The van der Waals surface area contributed by atoms with Gasteiger partial charge in [0.1, 0.15) is 12.4 Å². The van der Waals surface area contributed by atoms with E-state index in [2.05, 4.69) is 30.9 Å². The second kappa shape index (κ2) is 12.6. The molecule has 2 amide bonds. The van der Waals surface area contributed by atoms with Gasteiger partial charge in [-0.05, 0) is 98.7 Å². The Morgan fingerprint density at radius 1 is 0.841 bits per heavy atom. The number of ether oxygens (including phenoxy) is 1. The Morgan fingerprint density at radius 3 is 2.30 bits per heavy atom. The van der Waals surface area contributed by atoms with Crippen molar-refractivity contribution < 1.29 is 22.7 Å². The third kappa shape index (κ3) is 7.09. The van der Waals surface area contributed by atoms with Crippen molar-refractivity contribution >= 4 is 34.7 Å². The number of nitrogens with zero attached hydrogens (tertiary/aromatic N) is 4. The largest absolute Gasteiger partial charge is 0.492 e. The number of likely N-dealkylation sites (tertiary alicyclic amines) is 1. The number of rotatable bonds is 9. The summed E-state index contributed by atoms with van der Waals surface area (Å²) in [4.78, 5) is 19.6. The molecule has 1 aliphatic heterocycles. The predicted octanol–water partition coefficient (Wildman–Crippen LogP) is 7.28. The predicted molar refractivity (Wildman–Crippen MR) is 163 cm³/mol. The van der Waals surface area contributed by atoms with Crippen molar-refractivity contribution in [3.8, 4) is 17.0 Å². The highest BCUT2D eigenvalue weighted by molar-refractivity contribution is 6.00.